The Morgan fingerprint density at radius 3 is 2.80 bits per heavy atom. The van der Waals surface area contributed by atoms with E-state index in [0.717, 1.165) is 29.8 Å². The molecule has 35 heavy (non-hydrogen) atoms. The first-order valence-electron chi connectivity index (χ1n) is 11.8. The van der Waals surface area contributed by atoms with Gasteiger partial charge in [-0.15, -0.1) is 0 Å². The number of hydrogen-bond acceptors (Lipinski definition) is 7. The summed E-state index contributed by atoms with van der Waals surface area (Å²) in [6.45, 7) is 4.51. The maximum atomic E-state index is 13.0. The van der Waals surface area contributed by atoms with Gasteiger partial charge in [0.2, 0.25) is 0 Å². The second-order valence-corrected chi connectivity index (χ2v) is 9.75. The Kier molecular flexibility index (Phi) is 5.94. The number of carbonyl (C=O) groups excluding carboxylic acids is 1. The van der Waals surface area contributed by atoms with Crippen molar-refractivity contribution >= 4 is 17.4 Å². The van der Waals surface area contributed by atoms with Crippen LogP contribution >= 0.6 is 0 Å². The van der Waals surface area contributed by atoms with E-state index in [1.165, 1.54) is 0 Å². The zero-order chi connectivity index (χ0) is 24.7. The number of methoxy groups -OCH3 is 1. The molecule has 3 aliphatic rings. The molecule has 10 nitrogen and oxygen atoms in total. The Hall–Kier alpha value is -3.50. The van der Waals surface area contributed by atoms with Gasteiger partial charge in [0, 0.05) is 56.2 Å². The van der Waals surface area contributed by atoms with Crippen LogP contribution in [-0.2, 0) is 11.3 Å². The van der Waals surface area contributed by atoms with E-state index in [1.807, 2.05) is 29.0 Å². The third-order valence-electron chi connectivity index (χ3n) is 6.63. The summed E-state index contributed by atoms with van der Waals surface area (Å²) in [6, 6.07) is 5.81. The van der Waals surface area contributed by atoms with Crippen LogP contribution in [0.15, 0.2) is 36.8 Å². The lowest BCUT2D eigenvalue weighted by Gasteiger charge is -2.35. The van der Waals surface area contributed by atoms with E-state index >= 15 is 0 Å². The summed E-state index contributed by atoms with van der Waals surface area (Å²) in [5.74, 6) is 1.59. The van der Waals surface area contributed by atoms with Crippen LogP contribution in [-0.4, -0.2) is 67.6 Å². The van der Waals surface area contributed by atoms with Crippen LogP contribution in [0.3, 0.4) is 0 Å². The number of hydrogen-bond donors (Lipinski definition) is 3. The summed E-state index contributed by atoms with van der Waals surface area (Å²) < 4.78 is 9.00. The molecule has 2 atom stereocenters. The number of ether oxygens (including phenoxy) is 1. The predicted octanol–water partition coefficient (Wildman–Crippen LogP) is 2.67. The average molecular weight is 478 g/mol. The van der Waals surface area contributed by atoms with Gasteiger partial charge >= 0.3 is 0 Å². The van der Waals surface area contributed by atoms with Crippen molar-refractivity contribution in [1.29, 1.82) is 0 Å². The Morgan fingerprint density at radius 2 is 2.11 bits per heavy atom. The van der Waals surface area contributed by atoms with E-state index in [2.05, 4.69) is 20.7 Å². The molecule has 184 valence electrons. The molecule has 2 aromatic heterocycles. The zero-order valence-corrected chi connectivity index (χ0v) is 20.4. The van der Waals surface area contributed by atoms with Gasteiger partial charge in [-0.3, -0.25) is 4.79 Å². The lowest BCUT2D eigenvalue weighted by Crippen LogP contribution is -2.42. The van der Waals surface area contributed by atoms with Crippen molar-refractivity contribution in [2.45, 2.75) is 44.9 Å². The molecule has 1 fully saturated rings. The van der Waals surface area contributed by atoms with Gasteiger partial charge < -0.3 is 25.0 Å². The minimum Gasteiger partial charge on any atom is -0.389 e. The number of nitrogens with one attached hydrogen (secondary N) is 2. The molecule has 5 rings (SSSR count). The van der Waals surface area contributed by atoms with Gasteiger partial charge in [-0.1, -0.05) is 0 Å². The highest BCUT2D eigenvalue weighted by atomic mass is 16.5. The fraction of sp³-hybridized carbons (Fsp3) is 0.440. The van der Waals surface area contributed by atoms with Crippen LogP contribution in [0.4, 0.5) is 5.82 Å². The SMILES string of the molecule is CNc1cc(-c2cnc3n(CC(C)(C)O)cccc2-3)nc2c(C(=O)NC[C@H]3CC[C@@H]3OC)cnn12. The molecule has 0 spiro atoms. The quantitative estimate of drug-likeness (QED) is 0.357. The second-order valence-electron chi connectivity index (χ2n) is 9.75. The van der Waals surface area contributed by atoms with E-state index in [9.17, 15) is 9.90 Å². The summed E-state index contributed by atoms with van der Waals surface area (Å²) in [7, 11) is 3.52. The Labute approximate surface area is 203 Å². The van der Waals surface area contributed by atoms with Gasteiger partial charge in [-0.05, 0) is 38.8 Å². The van der Waals surface area contributed by atoms with E-state index in [-0.39, 0.29) is 12.0 Å². The molecule has 1 saturated carbocycles. The molecule has 2 aromatic rings. The lowest BCUT2D eigenvalue weighted by atomic mass is 9.82. The van der Waals surface area contributed by atoms with Crippen LogP contribution in [0.1, 0.15) is 37.0 Å². The van der Waals surface area contributed by atoms with Crippen LogP contribution < -0.4 is 10.6 Å². The largest absolute Gasteiger partial charge is 0.389 e. The molecule has 10 heteroatoms. The fourth-order valence-corrected chi connectivity index (χ4v) is 4.68. The van der Waals surface area contributed by atoms with Crippen LogP contribution in [0.5, 0.6) is 0 Å². The highest BCUT2D eigenvalue weighted by Crippen LogP contribution is 2.34. The van der Waals surface area contributed by atoms with Crippen molar-refractivity contribution in [2.75, 3.05) is 26.0 Å². The van der Waals surface area contributed by atoms with E-state index in [1.54, 1.807) is 44.9 Å². The van der Waals surface area contributed by atoms with E-state index < -0.39 is 5.60 Å². The zero-order valence-electron chi connectivity index (χ0n) is 20.4. The molecule has 1 amide bonds. The number of anilines is 1. The number of amides is 1. The van der Waals surface area contributed by atoms with Crippen molar-refractivity contribution in [3.63, 3.8) is 0 Å². The molecule has 3 N–H and O–H groups in total. The van der Waals surface area contributed by atoms with Gasteiger partial charge in [0.25, 0.3) is 5.91 Å². The number of aliphatic hydroxyl groups is 1. The molecular weight excluding hydrogens is 446 g/mol. The smallest absolute Gasteiger partial charge is 0.256 e. The molecule has 0 saturated heterocycles. The van der Waals surface area contributed by atoms with Gasteiger partial charge in [0.05, 0.1) is 30.1 Å². The van der Waals surface area contributed by atoms with Crippen LogP contribution in [0.2, 0.25) is 0 Å². The summed E-state index contributed by atoms with van der Waals surface area (Å²) in [5.41, 5.74) is 2.44. The molecule has 1 aliphatic carbocycles. The van der Waals surface area contributed by atoms with Crippen molar-refractivity contribution in [3.05, 3.63) is 42.4 Å². The standard InChI is InChI=1S/C25H31N7O3/c1-25(2,34)14-31-9-5-6-16-17(12-27-22(16)31)19-10-21(26-3)32-23(30-19)18(13-29-32)24(33)28-11-15-7-8-20(15)35-4/h5-6,9-10,12-13,15,20,26,34H,7-8,11,14H2,1-4H3,(H,28,33)/t15-,20+/m1/s1. The van der Waals surface area contributed by atoms with Crippen LogP contribution in [0.25, 0.3) is 28.3 Å². The minimum absolute atomic E-state index is 0.206. The molecule has 0 aromatic carbocycles. The number of nitrogens with zero attached hydrogens (tertiary/aromatic N) is 5. The van der Waals surface area contributed by atoms with Gasteiger partial charge in [-0.25, -0.2) is 9.97 Å². The second kappa shape index (κ2) is 8.94. The first-order valence-corrected chi connectivity index (χ1v) is 11.8. The first-order chi connectivity index (χ1) is 16.8. The summed E-state index contributed by atoms with van der Waals surface area (Å²) in [5, 5.41) is 20.9. The monoisotopic (exact) mass is 477 g/mol. The third kappa shape index (κ3) is 4.35. The summed E-state index contributed by atoms with van der Waals surface area (Å²) >= 11 is 0. The lowest BCUT2D eigenvalue weighted by molar-refractivity contribution is -0.0147. The number of rotatable bonds is 8. The first kappa shape index (κ1) is 23.3. The highest BCUT2D eigenvalue weighted by molar-refractivity contribution is 6.00. The third-order valence-corrected chi connectivity index (χ3v) is 6.63. The number of aromatic nitrogens is 5. The van der Waals surface area contributed by atoms with Crippen LogP contribution in [0, 0.1) is 5.92 Å². The predicted molar refractivity (Wildman–Crippen MR) is 133 cm³/mol. The van der Waals surface area contributed by atoms with E-state index in [0.29, 0.717) is 41.7 Å². The highest BCUT2D eigenvalue weighted by Gasteiger charge is 2.31. The molecule has 2 aliphatic heterocycles. The average Bonchev–Trinajstić information content (AvgIpc) is 3.42. The molecule has 0 radical (unpaired) electrons. The topological polar surface area (TPSA) is 119 Å². The van der Waals surface area contributed by atoms with Crippen molar-refractivity contribution in [1.82, 2.24) is 29.5 Å². The number of pyridine rings is 1. The van der Waals surface area contributed by atoms with E-state index in [4.69, 9.17) is 9.72 Å². The number of fused-ring (bicyclic) bond motifs is 2. The molecule has 0 bridgehead atoms. The number of carbonyl (C=O) groups is 1. The van der Waals surface area contributed by atoms with Crippen molar-refractivity contribution in [3.8, 4) is 22.6 Å². The normalized spacial score (nSPS) is 18.1. The Bertz CT molecular complexity index is 1330. The Morgan fingerprint density at radius 1 is 1.29 bits per heavy atom. The molecular formula is C25H31N7O3. The van der Waals surface area contributed by atoms with Gasteiger partial charge in [0.15, 0.2) is 5.65 Å². The maximum absolute atomic E-state index is 13.0. The van der Waals surface area contributed by atoms with Crippen molar-refractivity contribution in [2.24, 2.45) is 5.92 Å². The summed E-state index contributed by atoms with van der Waals surface area (Å²) in [6.07, 6.45) is 7.52. The molecule has 4 heterocycles. The summed E-state index contributed by atoms with van der Waals surface area (Å²) in [4.78, 5) is 22.5. The Balaban J connectivity index is 1.49. The minimum atomic E-state index is -0.878. The maximum Gasteiger partial charge on any atom is 0.256 e. The molecule has 0 unspecified atom stereocenters. The van der Waals surface area contributed by atoms with Crippen molar-refractivity contribution < 1.29 is 14.6 Å². The van der Waals surface area contributed by atoms with Gasteiger partial charge in [-0.2, -0.15) is 9.61 Å². The fourth-order valence-electron chi connectivity index (χ4n) is 4.68. The van der Waals surface area contributed by atoms with Gasteiger partial charge in [0.1, 0.15) is 17.2 Å².